The van der Waals surface area contributed by atoms with Crippen LogP contribution in [0.15, 0.2) is 63.5 Å². The number of nitrogens with one attached hydrogen (secondary N) is 1. The van der Waals surface area contributed by atoms with E-state index in [0.29, 0.717) is 54.1 Å². The molecule has 1 N–H and O–H groups in total. The molecule has 0 bridgehead atoms. The van der Waals surface area contributed by atoms with Gasteiger partial charge in [0.25, 0.3) is 5.56 Å². The number of unbranched alkanes of at least 4 members (excludes halogenated alkanes) is 2. The first-order valence-electron chi connectivity index (χ1n) is 12.1. The molecule has 0 aliphatic carbocycles. The molecule has 0 aliphatic rings. The maximum Gasteiger partial charge on any atom is 0.331 e. The Balaban J connectivity index is 1.38. The highest BCUT2D eigenvalue weighted by atomic mass is 35.5. The summed E-state index contributed by atoms with van der Waals surface area (Å²) in [6, 6.07) is 15.5. The molecule has 0 saturated carbocycles. The SMILES string of the molecule is Cc1ccc(C)c(Cn2c(=O)n(CCCCCC(=O)NCc3ccccc3Cl)c(=O)c3sccc32)c1. The van der Waals surface area contributed by atoms with Crippen molar-refractivity contribution in [3.63, 3.8) is 0 Å². The highest BCUT2D eigenvalue weighted by Crippen LogP contribution is 2.19. The lowest BCUT2D eigenvalue weighted by atomic mass is 10.1. The van der Waals surface area contributed by atoms with Crippen LogP contribution in [-0.2, 0) is 24.4 Å². The van der Waals surface area contributed by atoms with Gasteiger partial charge in [0.05, 0.1) is 12.1 Å². The molecule has 6 nitrogen and oxygen atoms in total. The molecule has 2 aromatic carbocycles. The quantitative estimate of drug-likeness (QED) is 0.282. The van der Waals surface area contributed by atoms with Gasteiger partial charge in [-0.2, -0.15) is 0 Å². The number of benzene rings is 2. The number of aryl methyl sites for hydroxylation is 2. The first-order valence-corrected chi connectivity index (χ1v) is 13.4. The Morgan fingerprint density at radius 1 is 0.972 bits per heavy atom. The molecule has 0 fully saturated rings. The van der Waals surface area contributed by atoms with Crippen molar-refractivity contribution in [2.45, 2.75) is 59.2 Å². The van der Waals surface area contributed by atoms with E-state index in [1.54, 1.807) is 10.6 Å². The molecule has 8 heteroatoms. The van der Waals surface area contributed by atoms with Crippen LogP contribution in [0.1, 0.15) is 47.9 Å². The van der Waals surface area contributed by atoms with Gasteiger partial charge in [-0.15, -0.1) is 11.3 Å². The van der Waals surface area contributed by atoms with Gasteiger partial charge in [-0.05, 0) is 60.9 Å². The van der Waals surface area contributed by atoms with E-state index in [9.17, 15) is 14.4 Å². The third kappa shape index (κ3) is 5.97. The number of carbonyl (C=O) groups is 1. The number of carbonyl (C=O) groups excluding carboxylic acids is 1. The van der Waals surface area contributed by atoms with E-state index in [1.165, 1.54) is 15.9 Å². The van der Waals surface area contributed by atoms with Crippen LogP contribution in [-0.4, -0.2) is 15.0 Å². The standard InChI is InChI=1S/C28H30ClN3O3S/c1-19-11-12-20(2)22(16-19)18-32-24-13-15-36-26(24)27(34)31(28(32)35)14-7-3-4-10-25(33)30-17-21-8-5-6-9-23(21)29/h5-6,8-9,11-13,15-16H,3-4,7,10,14,17-18H2,1-2H3,(H,30,33). The predicted molar refractivity (Wildman–Crippen MR) is 147 cm³/mol. The van der Waals surface area contributed by atoms with Gasteiger partial charge < -0.3 is 5.32 Å². The number of rotatable bonds is 10. The van der Waals surface area contributed by atoms with Crippen LogP contribution in [0.3, 0.4) is 0 Å². The van der Waals surface area contributed by atoms with Crippen LogP contribution < -0.4 is 16.6 Å². The minimum Gasteiger partial charge on any atom is -0.352 e. The second kappa shape index (κ2) is 11.7. The van der Waals surface area contributed by atoms with Gasteiger partial charge in [0.15, 0.2) is 0 Å². The molecule has 0 unspecified atom stereocenters. The van der Waals surface area contributed by atoms with Gasteiger partial charge in [-0.1, -0.05) is 60.0 Å². The summed E-state index contributed by atoms with van der Waals surface area (Å²) in [7, 11) is 0. The molecule has 0 radical (unpaired) electrons. The summed E-state index contributed by atoms with van der Waals surface area (Å²) < 4.78 is 3.65. The van der Waals surface area contributed by atoms with Crippen LogP contribution >= 0.6 is 22.9 Å². The Labute approximate surface area is 219 Å². The van der Waals surface area contributed by atoms with Gasteiger partial charge >= 0.3 is 5.69 Å². The van der Waals surface area contributed by atoms with Gasteiger partial charge in [0.1, 0.15) is 4.70 Å². The molecule has 188 valence electrons. The summed E-state index contributed by atoms with van der Waals surface area (Å²) in [5.74, 6) is -0.0389. The molecule has 2 heterocycles. The van der Waals surface area contributed by atoms with E-state index in [0.717, 1.165) is 28.7 Å². The summed E-state index contributed by atoms with van der Waals surface area (Å²) in [4.78, 5) is 38.6. The lowest BCUT2D eigenvalue weighted by molar-refractivity contribution is -0.121. The molecule has 0 saturated heterocycles. The zero-order chi connectivity index (χ0) is 25.7. The fourth-order valence-corrected chi connectivity index (χ4v) is 5.33. The van der Waals surface area contributed by atoms with Gasteiger partial charge in [0.2, 0.25) is 5.91 Å². The van der Waals surface area contributed by atoms with Crippen LogP contribution in [0.5, 0.6) is 0 Å². The highest BCUT2D eigenvalue weighted by Gasteiger charge is 2.15. The maximum atomic E-state index is 13.4. The van der Waals surface area contributed by atoms with E-state index >= 15 is 0 Å². The van der Waals surface area contributed by atoms with Crippen LogP contribution in [0, 0.1) is 13.8 Å². The zero-order valence-corrected chi connectivity index (χ0v) is 22.1. The number of halogens is 1. The number of thiophene rings is 1. The smallest absolute Gasteiger partial charge is 0.331 e. The van der Waals surface area contributed by atoms with Crippen molar-refractivity contribution in [3.05, 3.63) is 102 Å². The first kappa shape index (κ1) is 25.9. The fraction of sp³-hybridized carbons (Fsp3) is 0.321. The third-order valence-electron chi connectivity index (χ3n) is 6.39. The number of hydrogen-bond donors (Lipinski definition) is 1. The zero-order valence-electron chi connectivity index (χ0n) is 20.6. The van der Waals surface area contributed by atoms with E-state index in [2.05, 4.69) is 23.5 Å². The Kier molecular flexibility index (Phi) is 8.44. The maximum absolute atomic E-state index is 13.4. The first-order chi connectivity index (χ1) is 17.3. The van der Waals surface area contributed by atoms with Gasteiger partial charge in [-0.25, -0.2) is 4.79 Å². The van der Waals surface area contributed by atoms with Crippen molar-refractivity contribution >= 4 is 39.1 Å². The summed E-state index contributed by atoms with van der Waals surface area (Å²) in [6.07, 6.45) is 2.46. The van der Waals surface area contributed by atoms with Crippen molar-refractivity contribution in [1.29, 1.82) is 0 Å². The van der Waals surface area contributed by atoms with E-state index in [1.807, 2.05) is 43.5 Å². The normalized spacial score (nSPS) is 11.2. The van der Waals surface area contributed by atoms with E-state index < -0.39 is 0 Å². The Bertz CT molecular complexity index is 1500. The predicted octanol–water partition coefficient (Wildman–Crippen LogP) is 5.42. The molecule has 4 rings (SSSR count). The molecule has 4 aromatic rings. The summed E-state index contributed by atoms with van der Waals surface area (Å²) in [6.45, 7) is 5.22. The Hall–Kier alpha value is -3.16. The second-order valence-electron chi connectivity index (χ2n) is 9.07. The average Bonchev–Trinajstić information content (AvgIpc) is 3.35. The van der Waals surface area contributed by atoms with Crippen molar-refractivity contribution in [2.75, 3.05) is 0 Å². The monoisotopic (exact) mass is 523 g/mol. The lowest BCUT2D eigenvalue weighted by Crippen LogP contribution is -2.40. The molecule has 0 spiro atoms. The summed E-state index contributed by atoms with van der Waals surface area (Å²) in [5, 5.41) is 5.38. The van der Waals surface area contributed by atoms with Crippen molar-refractivity contribution in [2.24, 2.45) is 0 Å². The molecular formula is C28H30ClN3O3S. The topological polar surface area (TPSA) is 73.1 Å². The number of fused-ring (bicyclic) bond motifs is 1. The van der Waals surface area contributed by atoms with Crippen LogP contribution in [0.25, 0.3) is 10.2 Å². The van der Waals surface area contributed by atoms with Crippen molar-refractivity contribution < 1.29 is 4.79 Å². The fourth-order valence-electron chi connectivity index (χ4n) is 4.28. The summed E-state index contributed by atoms with van der Waals surface area (Å²) >= 11 is 7.50. The van der Waals surface area contributed by atoms with Crippen LogP contribution in [0.4, 0.5) is 0 Å². The third-order valence-corrected chi connectivity index (χ3v) is 7.65. The van der Waals surface area contributed by atoms with Crippen molar-refractivity contribution in [1.82, 2.24) is 14.5 Å². The van der Waals surface area contributed by atoms with E-state index in [4.69, 9.17) is 11.6 Å². The Morgan fingerprint density at radius 2 is 1.78 bits per heavy atom. The second-order valence-corrected chi connectivity index (χ2v) is 10.4. The Morgan fingerprint density at radius 3 is 2.58 bits per heavy atom. The minimum absolute atomic E-state index is 0.0389. The van der Waals surface area contributed by atoms with E-state index in [-0.39, 0.29) is 17.2 Å². The minimum atomic E-state index is -0.288. The molecule has 0 aliphatic heterocycles. The molecule has 2 aromatic heterocycles. The largest absolute Gasteiger partial charge is 0.352 e. The van der Waals surface area contributed by atoms with Gasteiger partial charge in [0, 0.05) is 24.5 Å². The summed E-state index contributed by atoms with van der Waals surface area (Å²) in [5.41, 5.74) is 4.35. The number of nitrogens with zero attached hydrogens (tertiary/aromatic N) is 2. The molecule has 1 amide bonds. The number of hydrogen-bond acceptors (Lipinski definition) is 4. The van der Waals surface area contributed by atoms with Gasteiger partial charge in [-0.3, -0.25) is 18.7 Å². The average molecular weight is 524 g/mol. The van der Waals surface area contributed by atoms with Crippen molar-refractivity contribution in [3.8, 4) is 0 Å². The lowest BCUT2D eigenvalue weighted by Gasteiger charge is -2.14. The molecule has 0 atom stereocenters. The van der Waals surface area contributed by atoms with Crippen LogP contribution in [0.2, 0.25) is 5.02 Å². The number of aromatic nitrogens is 2. The highest BCUT2D eigenvalue weighted by molar-refractivity contribution is 7.17. The number of amides is 1. The molecule has 36 heavy (non-hydrogen) atoms. The molecular weight excluding hydrogens is 494 g/mol.